The quantitative estimate of drug-likeness (QED) is 0.376. The van der Waals surface area contributed by atoms with Crippen LogP contribution in [-0.4, -0.2) is 22.1 Å². The molecule has 0 fully saturated rings. The van der Waals surface area contributed by atoms with Gasteiger partial charge in [-0.25, -0.2) is 9.59 Å². The topological polar surface area (TPSA) is 116 Å². The Morgan fingerprint density at radius 3 is 2.22 bits per heavy atom. The van der Waals surface area contributed by atoms with Crippen LogP contribution in [0.4, 0.5) is 0 Å². The Bertz CT molecular complexity index is 740. The van der Waals surface area contributed by atoms with Gasteiger partial charge in [-0.05, 0) is 29.8 Å². The molecule has 8 nitrogen and oxygen atoms in total. The zero-order valence-corrected chi connectivity index (χ0v) is 11.7. The van der Waals surface area contributed by atoms with Gasteiger partial charge in [-0.3, -0.25) is 0 Å². The Morgan fingerprint density at radius 2 is 1.65 bits per heavy atom. The molecule has 0 aliphatic rings. The predicted octanol–water partition coefficient (Wildman–Crippen LogP) is 2.31. The number of carboxylic acid groups (broad SMARTS) is 1. The number of carbonyl (C=O) groups is 2. The Labute approximate surface area is 130 Å². The normalized spacial score (nSPS) is 9.91. The number of aromatic carboxylic acids is 1. The van der Waals surface area contributed by atoms with Crippen molar-refractivity contribution in [3.63, 3.8) is 0 Å². The summed E-state index contributed by atoms with van der Waals surface area (Å²) in [5.74, 6) is -1.86. The second-order valence-corrected chi connectivity index (χ2v) is 4.38. The molecular weight excluding hydrogens is 306 g/mol. The molecule has 118 valence electrons. The van der Waals surface area contributed by atoms with Crippen molar-refractivity contribution >= 4 is 11.9 Å². The van der Waals surface area contributed by atoms with Gasteiger partial charge in [0.1, 0.15) is 12.4 Å². The van der Waals surface area contributed by atoms with Crippen molar-refractivity contribution in [3.05, 3.63) is 75.3 Å². The van der Waals surface area contributed by atoms with Crippen molar-refractivity contribution in [3.8, 4) is 5.75 Å². The van der Waals surface area contributed by atoms with Gasteiger partial charge >= 0.3 is 11.9 Å². The van der Waals surface area contributed by atoms with Crippen molar-refractivity contribution in [2.75, 3.05) is 0 Å². The molecule has 2 aromatic carbocycles. The molecule has 2 aromatic rings. The fourth-order valence-corrected chi connectivity index (χ4v) is 1.79. The molecule has 8 heteroatoms. The number of ether oxygens (including phenoxy) is 1. The van der Waals surface area contributed by atoms with Crippen molar-refractivity contribution in [2.24, 2.45) is 0 Å². The number of benzene rings is 2. The number of nitrogens with zero attached hydrogens (tertiary/aromatic N) is 1. The smallest absolute Gasteiger partial charge is 0.344 e. The minimum absolute atomic E-state index is 0.0687. The summed E-state index contributed by atoms with van der Waals surface area (Å²) in [6.45, 7) is -0.219. The summed E-state index contributed by atoms with van der Waals surface area (Å²) in [6.07, 6.45) is 0. The zero-order chi connectivity index (χ0) is 16.8. The number of carboxylic acids is 1. The molecule has 0 spiro atoms. The first-order chi connectivity index (χ1) is 11.0. The number of carbonyl (C=O) groups excluding carboxylic acids is 1. The fourth-order valence-electron chi connectivity index (χ4n) is 1.79. The Balaban J connectivity index is 2.09. The number of hydrogen-bond acceptors (Lipinski definition) is 6. The highest BCUT2D eigenvalue weighted by atomic mass is 16.9. The van der Waals surface area contributed by atoms with E-state index < -0.39 is 17.0 Å². The van der Waals surface area contributed by atoms with Crippen molar-refractivity contribution in [1.82, 2.24) is 0 Å². The molecule has 0 unspecified atom stereocenters. The van der Waals surface area contributed by atoms with Crippen LogP contribution in [0.15, 0.2) is 48.5 Å². The molecule has 0 atom stereocenters. The van der Waals surface area contributed by atoms with Crippen LogP contribution in [0.2, 0.25) is 0 Å². The average Bonchev–Trinajstić information content (AvgIpc) is 2.54. The third-order valence-corrected chi connectivity index (χ3v) is 2.85. The summed E-state index contributed by atoms with van der Waals surface area (Å²) < 4.78 is 5.09. The molecule has 2 rings (SSSR count). The highest BCUT2D eigenvalue weighted by Crippen LogP contribution is 2.17. The van der Waals surface area contributed by atoms with E-state index in [1.54, 1.807) is 0 Å². The molecule has 0 aliphatic heterocycles. The van der Waals surface area contributed by atoms with Crippen LogP contribution in [0.25, 0.3) is 0 Å². The van der Waals surface area contributed by atoms with Crippen LogP contribution in [0, 0.1) is 10.1 Å². The molecule has 23 heavy (non-hydrogen) atoms. The van der Waals surface area contributed by atoms with Gasteiger partial charge in [-0.1, -0.05) is 24.3 Å². The van der Waals surface area contributed by atoms with E-state index in [1.807, 2.05) is 0 Å². The lowest BCUT2D eigenvalue weighted by atomic mass is 10.1. The molecule has 0 heterocycles. The summed E-state index contributed by atoms with van der Waals surface area (Å²) in [6, 6.07) is 11.5. The van der Waals surface area contributed by atoms with Gasteiger partial charge in [0.25, 0.3) is 5.09 Å². The van der Waals surface area contributed by atoms with E-state index in [4.69, 9.17) is 9.84 Å². The average molecular weight is 317 g/mol. The van der Waals surface area contributed by atoms with E-state index in [1.165, 1.54) is 48.5 Å². The molecule has 0 bridgehead atoms. The van der Waals surface area contributed by atoms with Gasteiger partial charge in [0.2, 0.25) is 0 Å². The van der Waals surface area contributed by atoms with E-state index in [9.17, 15) is 19.7 Å². The summed E-state index contributed by atoms with van der Waals surface area (Å²) in [4.78, 5) is 37.4. The minimum Gasteiger partial charge on any atom is -0.478 e. The zero-order valence-electron chi connectivity index (χ0n) is 11.7. The maximum absolute atomic E-state index is 12.0. The summed E-state index contributed by atoms with van der Waals surface area (Å²) in [7, 11) is 0. The van der Waals surface area contributed by atoms with E-state index in [0.717, 1.165) is 0 Å². The Hall–Kier alpha value is -3.42. The first-order valence-corrected chi connectivity index (χ1v) is 6.38. The molecule has 0 aliphatic carbocycles. The molecule has 0 saturated carbocycles. The van der Waals surface area contributed by atoms with Crippen LogP contribution in [0.5, 0.6) is 5.75 Å². The van der Waals surface area contributed by atoms with E-state index >= 15 is 0 Å². The van der Waals surface area contributed by atoms with E-state index in [0.29, 0.717) is 5.56 Å². The second kappa shape index (κ2) is 7.03. The van der Waals surface area contributed by atoms with Crippen molar-refractivity contribution in [1.29, 1.82) is 0 Å². The van der Waals surface area contributed by atoms with E-state index in [2.05, 4.69) is 4.84 Å². The minimum atomic E-state index is -1.23. The van der Waals surface area contributed by atoms with Gasteiger partial charge in [-0.15, -0.1) is 10.1 Å². The lowest BCUT2D eigenvalue weighted by Gasteiger charge is -2.07. The lowest BCUT2D eigenvalue weighted by Crippen LogP contribution is -2.14. The second-order valence-electron chi connectivity index (χ2n) is 4.38. The van der Waals surface area contributed by atoms with Gasteiger partial charge < -0.3 is 14.7 Å². The molecule has 1 N–H and O–H groups in total. The lowest BCUT2D eigenvalue weighted by molar-refractivity contribution is -0.763. The van der Waals surface area contributed by atoms with Gasteiger partial charge in [0.05, 0.1) is 11.1 Å². The molecule has 0 amide bonds. The van der Waals surface area contributed by atoms with Crippen molar-refractivity contribution in [2.45, 2.75) is 6.61 Å². The number of esters is 1. The Kier molecular flexibility index (Phi) is 4.88. The third kappa shape index (κ3) is 4.27. The number of rotatable bonds is 6. The van der Waals surface area contributed by atoms with Crippen LogP contribution >= 0.6 is 0 Å². The van der Waals surface area contributed by atoms with Crippen LogP contribution in [0.1, 0.15) is 26.3 Å². The van der Waals surface area contributed by atoms with Crippen LogP contribution in [0.3, 0.4) is 0 Å². The first kappa shape index (κ1) is 16.0. The summed E-state index contributed by atoms with van der Waals surface area (Å²) in [5, 5.41) is 18.2. The molecule has 0 aromatic heterocycles. The fraction of sp³-hybridized carbons (Fsp3) is 0.0667. The number of hydrogen-bond donors (Lipinski definition) is 1. The summed E-state index contributed by atoms with van der Waals surface area (Å²) >= 11 is 0. The Morgan fingerprint density at radius 1 is 1.04 bits per heavy atom. The maximum Gasteiger partial charge on any atom is 0.344 e. The predicted molar refractivity (Wildman–Crippen MR) is 76.6 cm³/mol. The van der Waals surface area contributed by atoms with Crippen molar-refractivity contribution < 1.29 is 29.4 Å². The third-order valence-electron chi connectivity index (χ3n) is 2.85. The highest BCUT2D eigenvalue weighted by Gasteiger charge is 2.17. The molecule has 0 radical (unpaired) electrons. The van der Waals surface area contributed by atoms with Gasteiger partial charge in [0.15, 0.2) is 0 Å². The van der Waals surface area contributed by atoms with Crippen LogP contribution in [-0.2, 0) is 11.4 Å². The molecule has 0 saturated heterocycles. The monoisotopic (exact) mass is 317 g/mol. The van der Waals surface area contributed by atoms with Crippen LogP contribution < -0.4 is 4.74 Å². The SMILES string of the molecule is O=C(O)c1ccccc1C(=O)Oc1ccc(CO[N+](=O)[O-])cc1. The molecular formula is C15H11NO7. The van der Waals surface area contributed by atoms with E-state index in [-0.39, 0.29) is 23.5 Å². The standard InChI is InChI=1S/C15H11NO7/c17-14(18)12-3-1-2-4-13(12)15(19)23-11-7-5-10(6-8-11)9-22-16(20)21/h1-8H,9H2,(H,17,18). The first-order valence-electron chi connectivity index (χ1n) is 6.38. The summed E-state index contributed by atoms with van der Waals surface area (Å²) in [5.41, 5.74) is 0.293. The maximum atomic E-state index is 12.0. The highest BCUT2D eigenvalue weighted by molar-refractivity contribution is 6.03. The largest absolute Gasteiger partial charge is 0.478 e. The van der Waals surface area contributed by atoms with Gasteiger partial charge in [0, 0.05) is 0 Å². The van der Waals surface area contributed by atoms with Gasteiger partial charge in [-0.2, -0.15) is 0 Å².